The molecule has 2 heterocycles. The van der Waals surface area contributed by atoms with Crippen molar-refractivity contribution in [2.75, 3.05) is 13.6 Å². The van der Waals surface area contributed by atoms with Crippen molar-refractivity contribution in [2.45, 2.75) is 56.9 Å². The van der Waals surface area contributed by atoms with Crippen LogP contribution in [-0.2, 0) is 30.2 Å². The molecule has 0 bridgehead atoms. The second kappa shape index (κ2) is 11.2. The average molecular weight is 469 g/mol. The Morgan fingerprint density at radius 3 is 2.12 bits per heavy atom. The third kappa shape index (κ3) is 6.06. The highest BCUT2D eigenvalue weighted by Gasteiger charge is 2.29. The molecule has 2 aromatic heterocycles. The van der Waals surface area contributed by atoms with E-state index in [0.29, 0.717) is 23.8 Å². The summed E-state index contributed by atoms with van der Waals surface area (Å²) < 4.78 is 4.44. The second-order valence-corrected chi connectivity index (χ2v) is 8.15. The number of aliphatic carboxylic acids is 2. The largest absolute Gasteiger partial charge is 0.479 e. The van der Waals surface area contributed by atoms with E-state index in [-0.39, 0.29) is 11.2 Å². The van der Waals surface area contributed by atoms with Crippen molar-refractivity contribution < 1.29 is 30.0 Å². The molecule has 0 spiro atoms. The molecular formula is C20H31N5O8. The van der Waals surface area contributed by atoms with Crippen LogP contribution in [0.4, 0.5) is 0 Å². The summed E-state index contributed by atoms with van der Waals surface area (Å²) >= 11 is 0. The number of imidazole rings is 1. The van der Waals surface area contributed by atoms with Crippen LogP contribution in [0.1, 0.15) is 32.1 Å². The highest BCUT2D eigenvalue weighted by Crippen LogP contribution is 2.21. The monoisotopic (exact) mass is 469 g/mol. The first-order valence-corrected chi connectivity index (χ1v) is 10.6. The molecule has 13 nitrogen and oxygen atoms in total. The first-order valence-electron chi connectivity index (χ1n) is 10.6. The van der Waals surface area contributed by atoms with E-state index in [4.69, 9.17) is 20.4 Å². The Morgan fingerprint density at radius 1 is 1.06 bits per heavy atom. The number of hydrogen-bond acceptors (Lipinski definition) is 8. The summed E-state index contributed by atoms with van der Waals surface area (Å²) in [5, 5.41) is 32.5. The molecule has 1 aliphatic rings. The Morgan fingerprint density at radius 2 is 1.61 bits per heavy atom. The van der Waals surface area contributed by atoms with Gasteiger partial charge in [-0.05, 0) is 19.9 Å². The number of aliphatic hydroxyl groups is 2. The zero-order valence-electron chi connectivity index (χ0n) is 18.9. The van der Waals surface area contributed by atoms with Gasteiger partial charge in [-0.25, -0.2) is 19.4 Å². The van der Waals surface area contributed by atoms with Gasteiger partial charge >= 0.3 is 17.6 Å². The Labute approximate surface area is 189 Å². The third-order valence-electron chi connectivity index (χ3n) is 5.91. The summed E-state index contributed by atoms with van der Waals surface area (Å²) in [6.45, 7) is 1.58. The number of nitrogens with zero attached hydrogens (tertiary/aromatic N) is 5. The predicted molar refractivity (Wildman–Crippen MR) is 117 cm³/mol. The van der Waals surface area contributed by atoms with Gasteiger partial charge < -0.3 is 29.9 Å². The van der Waals surface area contributed by atoms with Crippen molar-refractivity contribution in [1.29, 1.82) is 0 Å². The number of carboxylic acids is 2. The first kappa shape index (κ1) is 26.2. The molecule has 0 radical (unpaired) electrons. The first-order chi connectivity index (χ1) is 15.5. The van der Waals surface area contributed by atoms with Gasteiger partial charge in [-0.2, -0.15) is 0 Å². The van der Waals surface area contributed by atoms with Crippen molar-refractivity contribution >= 4 is 23.1 Å². The van der Waals surface area contributed by atoms with E-state index >= 15 is 0 Å². The third-order valence-corrected chi connectivity index (χ3v) is 5.91. The number of carbonyl (C=O) groups is 2. The fraction of sp³-hybridized carbons (Fsp3) is 0.650. The molecule has 4 N–H and O–H groups in total. The molecule has 1 fully saturated rings. The maximum absolute atomic E-state index is 12.4. The molecule has 0 amide bonds. The van der Waals surface area contributed by atoms with Crippen LogP contribution in [0.15, 0.2) is 15.9 Å². The van der Waals surface area contributed by atoms with Crippen LogP contribution in [0.2, 0.25) is 0 Å². The molecule has 0 aliphatic heterocycles. The lowest BCUT2D eigenvalue weighted by atomic mass is 9.94. The molecule has 0 aromatic carbocycles. The van der Waals surface area contributed by atoms with Gasteiger partial charge in [0.2, 0.25) is 0 Å². The van der Waals surface area contributed by atoms with Gasteiger partial charge in [0.25, 0.3) is 5.56 Å². The lowest BCUT2D eigenvalue weighted by molar-refractivity contribution is -0.165. The lowest BCUT2D eigenvalue weighted by Crippen LogP contribution is -2.39. The van der Waals surface area contributed by atoms with Crippen LogP contribution in [-0.4, -0.2) is 87.8 Å². The number of fused-ring (bicyclic) bond motifs is 1. The fourth-order valence-electron chi connectivity index (χ4n) is 3.81. The molecule has 2 atom stereocenters. The topological polar surface area (TPSA) is 180 Å². The van der Waals surface area contributed by atoms with E-state index in [1.807, 2.05) is 4.57 Å². The molecule has 1 aliphatic carbocycles. The summed E-state index contributed by atoms with van der Waals surface area (Å²) in [4.78, 5) is 50.6. The summed E-state index contributed by atoms with van der Waals surface area (Å²) in [7, 11) is 5.31. The van der Waals surface area contributed by atoms with Crippen molar-refractivity contribution in [1.82, 2.24) is 23.6 Å². The molecule has 184 valence electrons. The van der Waals surface area contributed by atoms with E-state index in [9.17, 15) is 19.2 Å². The van der Waals surface area contributed by atoms with Crippen molar-refractivity contribution in [2.24, 2.45) is 14.1 Å². The van der Waals surface area contributed by atoms with Gasteiger partial charge in [0.05, 0.1) is 6.33 Å². The van der Waals surface area contributed by atoms with E-state index in [2.05, 4.69) is 16.9 Å². The fourth-order valence-corrected chi connectivity index (χ4v) is 3.81. The second-order valence-electron chi connectivity index (χ2n) is 8.15. The minimum Gasteiger partial charge on any atom is -0.479 e. The van der Waals surface area contributed by atoms with Crippen molar-refractivity contribution in [3.8, 4) is 0 Å². The lowest BCUT2D eigenvalue weighted by Gasteiger charge is -2.31. The maximum Gasteiger partial charge on any atom is 0.335 e. The molecule has 2 aromatic rings. The zero-order valence-corrected chi connectivity index (χ0v) is 18.9. The van der Waals surface area contributed by atoms with Crippen molar-refractivity contribution in [3.63, 3.8) is 0 Å². The Hall–Kier alpha value is -3.03. The van der Waals surface area contributed by atoms with Gasteiger partial charge in [-0.1, -0.05) is 19.3 Å². The quantitative estimate of drug-likeness (QED) is 0.376. The molecule has 1 saturated carbocycles. The van der Waals surface area contributed by atoms with Gasteiger partial charge in [0, 0.05) is 33.2 Å². The smallest absolute Gasteiger partial charge is 0.335 e. The number of likely N-dealkylation sites (N-methyl/N-ethyl adjacent to an activating group) is 1. The number of aryl methyl sites for hydroxylation is 1. The Bertz CT molecular complexity index is 1080. The number of rotatable bonds is 7. The van der Waals surface area contributed by atoms with Crippen LogP contribution in [0.5, 0.6) is 0 Å². The SMILES string of the molecule is CN(CCn1cnc2c1c(=O)n(C)c(=O)n2C)C1CCCCC1.O=C(O)C(O)C(O)C(=O)O. The molecule has 0 saturated heterocycles. The minimum atomic E-state index is -2.27. The summed E-state index contributed by atoms with van der Waals surface area (Å²) in [5.74, 6) is -3.54. The van der Waals surface area contributed by atoms with Gasteiger partial charge in [-0.15, -0.1) is 0 Å². The number of hydrogen-bond donors (Lipinski definition) is 4. The van der Waals surface area contributed by atoms with Gasteiger partial charge in [-0.3, -0.25) is 13.9 Å². The predicted octanol–water partition coefficient (Wildman–Crippen LogP) is -1.42. The Balaban J connectivity index is 0.000000328. The van der Waals surface area contributed by atoms with Gasteiger partial charge in [0.1, 0.15) is 0 Å². The highest BCUT2D eigenvalue weighted by molar-refractivity contribution is 5.83. The Kier molecular flexibility index (Phi) is 8.91. The number of aromatic nitrogens is 4. The van der Waals surface area contributed by atoms with Gasteiger partial charge in [0.15, 0.2) is 23.4 Å². The van der Waals surface area contributed by atoms with E-state index in [1.165, 1.54) is 43.7 Å². The molecule has 3 rings (SSSR count). The highest BCUT2D eigenvalue weighted by atomic mass is 16.4. The van der Waals surface area contributed by atoms with Crippen LogP contribution in [0.3, 0.4) is 0 Å². The van der Waals surface area contributed by atoms with Crippen LogP contribution >= 0.6 is 0 Å². The van der Waals surface area contributed by atoms with Crippen molar-refractivity contribution in [3.05, 3.63) is 27.2 Å². The standard InChI is InChI=1S/C16H25N5O2.C4H6O6/c1-18(12-7-5-4-6-8-12)9-10-21-11-17-14-13(21)15(22)20(3)16(23)19(14)2;5-1(3(7)8)2(6)4(9)10/h11-12H,4-10H2,1-3H3;1-2,5-6H,(H,7,8)(H,9,10). The molecule has 33 heavy (non-hydrogen) atoms. The van der Waals surface area contributed by atoms with E-state index in [1.54, 1.807) is 13.4 Å². The average Bonchev–Trinajstić information content (AvgIpc) is 3.23. The van der Waals surface area contributed by atoms with E-state index < -0.39 is 24.1 Å². The van der Waals surface area contributed by atoms with Crippen LogP contribution in [0, 0.1) is 0 Å². The normalized spacial score (nSPS) is 16.3. The summed E-state index contributed by atoms with van der Waals surface area (Å²) in [6.07, 6.45) is 3.63. The summed E-state index contributed by atoms with van der Waals surface area (Å²) in [6, 6.07) is 0.644. The minimum absolute atomic E-state index is 0.277. The molecular weight excluding hydrogens is 438 g/mol. The van der Waals surface area contributed by atoms with Crippen LogP contribution in [0.25, 0.3) is 11.2 Å². The molecule has 13 heteroatoms. The number of aliphatic hydroxyl groups excluding tert-OH is 2. The molecule has 2 unspecified atom stereocenters. The number of carboxylic acid groups (broad SMARTS) is 2. The zero-order chi connectivity index (χ0) is 24.9. The summed E-state index contributed by atoms with van der Waals surface area (Å²) in [5.41, 5.74) is 0.345. The van der Waals surface area contributed by atoms with Crippen LogP contribution < -0.4 is 11.2 Å². The van der Waals surface area contributed by atoms with E-state index in [0.717, 1.165) is 11.1 Å². The maximum atomic E-state index is 12.4.